The maximum atomic E-state index is 11.9. The van der Waals surface area contributed by atoms with Crippen LogP contribution in [0.25, 0.3) is 0 Å². The second kappa shape index (κ2) is 6.97. The molecule has 4 nitrogen and oxygen atoms in total. The molecular weight excluding hydrogens is 320 g/mol. The van der Waals surface area contributed by atoms with Crippen LogP contribution in [-0.2, 0) is 4.79 Å². The number of carbonyl (C=O) groups excluding carboxylic acids is 1. The number of amides is 1. The highest BCUT2D eigenvalue weighted by molar-refractivity contribution is 9.10. The molecule has 1 aliphatic rings. The number of anilines is 1. The van der Waals surface area contributed by atoms with Crippen molar-refractivity contribution in [3.63, 3.8) is 0 Å². The molecule has 2 rings (SSSR count). The summed E-state index contributed by atoms with van der Waals surface area (Å²) >= 11 is 3.38. The van der Waals surface area contributed by atoms with Gasteiger partial charge in [0.2, 0.25) is 0 Å². The van der Waals surface area contributed by atoms with Crippen molar-refractivity contribution in [3.05, 3.63) is 22.2 Å². The molecule has 20 heavy (non-hydrogen) atoms. The van der Waals surface area contributed by atoms with Gasteiger partial charge in [0.15, 0.2) is 6.61 Å². The van der Waals surface area contributed by atoms with E-state index >= 15 is 0 Å². The van der Waals surface area contributed by atoms with E-state index in [4.69, 9.17) is 10.5 Å². The van der Waals surface area contributed by atoms with Crippen molar-refractivity contribution >= 4 is 27.5 Å². The monoisotopic (exact) mass is 340 g/mol. The maximum Gasteiger partial charge on any atom is 0.258 e. The minimum absolute atomic E-state index is 0.0170. The summed E-state index contributed by atoms with van der Waals surface area (Å²) in [7, 11) is 0. The molecule has 5 heteroatoms. The molecule has 110 valence electrons. The van der Waals surface area contributed by atoms with Crippen LogP contribution in [0.4, 0.5) is 5.69 Å². The molecule has 0 bridgehead atoms. The van der Waals surface area contributed by atoms with E-state index in [-0.39, 0.29) is 12.5 Å². The third-order valence-electron chi connectivity index (χ3n) is 3.59. The minimum Gasteiger partial charge on any atom is -0.481 e. The van der Waals surface area contributed by atoms with Crippen molar-refractivity contribution < 1.29 is 9.53 Å². The fraction of sp³-hybridized carbons (Fsp3) is 0.533. The van der Waals surface area contributed by atoms with E-state index in [1.165, 1.54) is 19.3 Å². The number of rotatable bonds is 4. The molecular formula is C15H21BrN2O2. The quantitative estimate of drug-likeness (QED) is 0.827. The molecule has 1 saturated carbocycles. The standard InChI is InChI=1S/C15H21BrN2O2/c1-10-7-11(16)8-13(17)15(10)20-9-14(19)18-12-5-3-2-4-6-12/h7-8,12H,2-6,9,17H2,1H3,(H,18,19). The Kier molecular flexibility index (Phi) is 5.29. The van der Waals surface area contributed by atoms with E-state index in [0.29, 0.717) is 17.5 Å². The summed E-state index contributed by atoms with van der Waals surface area (Å²) in [5.74, 6) is 0.519. The van der Waals surface area contributed by atoms with Gasteiger partial charge in [-0.1, -0.05) is 35.2 Å². The van der Waals surface area contributed by atoms with Gasteiger partial charge in [0.1, 0.15) is 5.75 Å². The van der Waals surface area contributed by atoms with Gasteiger partial charge in [-0.05, 0) is 37.5 Å². The van der Waals surface area contributed by atoms with Crippen LogP contribution in [0.1, 0.15) is 37.7 Å². The number of ether oxygens (including phenoxy) is 1. The largest absolute Gasteiger partial charge is 0.481 e. The molecule has 0 heterocycles. The summed E-state index contributed by atoms with van der Waals surface area (Å²) in [5, 5.41) is 3.03. The first-order chi connectivity index (χ1) is 9.56. The lowest BCUT2D eigenvalue weighted by atomic mass is 9.95. The molecule has 0 unspecified atom stereocenters. The second-order valence-electron chi connectivity index (χ2n) is 5.33. The average molecular weight is 341 g/mol. The number of halogens is 1. The fourth-order valence-electron chi connectivity index (χ4n) is 2.61. The van der Waals surface area contributed by atoms with E-state index in [0.717, 1.165) is 22.9 Å². The molecule has 0 atom stereocenters. The van der Waals surface area contributed by atoms with Crippen LogP contribution < -0.4 is 15.8 Å². The van der Waals surface area contributed by atoms with E-state index in [1.54, 1.807) is 6.07 Å². The van der Waals surface area contributed by atoms with Crippen LogP contribution in [0.2, 0.25) is 0 Å². The van der Waals surface area contributed by atoms with Gasteiger partial charge in [-0.25, -0.2) is 0 Å². The zero-order chi connectivity index (χ0) is 14.5. The van der Waals surface area contributed by atoms with Gasteiger partial charge in [-0.2, -0.15) is 0 Å². The normalized spacial score (nSPS) is 15.9. The molecule has 0 aromatic heterocycles. The number of nitrogens with one attached hydrogen (secondary N) is 1. The van der Waals surface area contributed by atoms with Crippen LogP contribution in [0, 0.1) is 6.92 Å². The molecule has 1 fully saturated rings. The first-order valence-electron chi connectivity index (χ1n) is 7.04. The third kappa shape index (κ3) is 4.13. The first-order valence-corrected chi connectivity index (χ1v) is 7.83. The van der Waals surface area contributed by atoms with Crippen molar-refractivity contribution in [2.24, 2.45) is 0 Å². The van der Waals surface area contributed by atoms with Crippen molar-refractivity contribution in [1.82, 2.24) is 5.32 Å². The molecule has 0 saturated heterocycles. The molecule has 3 N–H and O–H groups in total. The number of nitrogen functional groups attached to an aromatic ring is 1. The van der Waals surface area contributed by atoms with Crippen molar-refractivity contribution in [1.29, 1.82) is 0 Å². The highest BCUT2D eigenvalue weighted by Crippen LogP contribution is 2.29. The van der Waals surface area contributed by atoms with Gasteiger partial charge in [0.05, 0.1) is 5.69 Å². The van der Waals surface area contributed by atoms with Crippen LogP contribution in [0.5, 0.6) is 5.75 Å². The summed E-state index contributed by atoms with van der Waals surface area (Å²) < 4.78 is 6.48. The summed E-state index contributed by atoms with van der Waals surface area (Å²) in [5.41, 5.74) is 7.37. The van der Waals surface area contributed by atoms with Gasteiger partial charge in [0.25, 0.3) is 5.91 Å². The Morgan fingerprint density at radius 2 is 2.10 bits per heavy atom. The van der Waals surface area contributed by atoms with Gasteiger partial charge < -0.3 is 15.8 Å². The Balaban J connectivity index is 1.87. The Morgan fingerprint density at radius 1 is 1.40 bits per heavy atom. The third-order valence-corrected chi connectivity index (χ3v) is 4.04. The van der Waals surface area contributed by atoms with Gasteiger partial charge in [0, 0.05) is 10.5 Å². The van der Waals surface area contributed by atoms with Crippen LogP contribution in [0.3, 0.4) is 0 Å². The topological polar surface area (TPSA) is 64.3 Å². The lowest BCUT2D eigenvalue weighted by molar-refractivity contribution is -0.124. The first kappa shape index (κ1) is 15.2. The Morgan fingerprint density at radius 3 is 2.75 bits per heavy atom. The highest BCUT2D eigenvalue weighted by Gasteiger charge is 2.16. The lowest BCUT2D eigenvalue weighted by Gasteiger charge is -2.23. The van der Waals surface area contributed by atoms with Crippen molar-refractivity contribution in [2.45, 2.75) is 45.1 Å². The number of benzene rings is 1. The van der Waals surface area contributed by atoms with Crippen LogP contribution >= 0.6 is 15.9 Å². The minimum atomic E-state index is -0.0707. The molecule has 0 aliphatic heterocycles. The Hall–Kier alpha value is -1.23. The molecule has 1 aliphatic carbocycles. The predicted molar refractivity (Wildman–Crippen MR) is 83.8 cm³/mol. The van der Waals surface area contributed by atoms with E-state index < -0.39 is 0 Å². The van der Waals surface area contributed by atoms with Gasteiger partial charge in [-0.3, -0.25) is 4.79 Å². The number of aryl methyl sites for hydroxylation is 1. The highest BCUT2D eigenvalue weighted by atomic mass is 79.9. The lowest BCUT2D eigenvalue weighted by Crippen LogP contribution is -2.39. The molecule has 1 amide bonds. The van der Waals surface area contributed by atoms with Crippen molar-refractivity contribution in [3.8, 4) is 5.75 Å². The summed E-state index contributed by atoms with van der Waals surface area (Å²) in [6.45, 7) is 1.93. The number of hydrogen-bond donors (Lipinski definition) is 2. The summed E-state index contributed by atoms with van der Waals surface area (Å²) in [4.78, 5) is 11.9. The molecule has 1 aromatic carbocycles. The number of nitrogens with two attached hydrogens (primary N) is 1. The zero-order valence-electron chi connectivity index (χ0n) is 11.7. The van der Waals surface area contributed by atoms with Crippen LogP contribution in [-0.4, -0.2) is 18.6 Å². The Labute approximate surface area is 128 Å². The number of hydrogen-bond acceptors (Lipinski definition) is 3. The fourth-order valence-corrected chi connectivity index (χ4v) is 3.20. The maximum absolute atomic E-state index is 11.9. The van der Waals surface area contributed by atoms with E-state index in [9.17, 15) is 4.79 Å². The second-order valence-corrected chi connectivity index (χ2v) is 6.25. The zero-order valence-corrected chi connectivity index (χ0v) is 13.3. The average Bonchev–Trinajstić information content (AvgIpc) is 2.38. The molecule has 1 aromatic rings. The molecule has 0 radical (unpaired) electrons. The SMILES string of the molecule is Cc1cc(Br)cc(N)c1OCC(=O)NC1CCCCC1. The van der Waals surface area contributed by atoms with Gasteiger partial charge >= 0.3 is 0 Å². The number of carbonyl (C=O) groups is 1. The molecule has 0 spiro atoms. The van der Waals surface area contributed by atoms with Crippen LogP contribution in [0.15, 0.2) is 16.6 Å². The Bertz CT molecular complexity index is 462. The smallest absolute Gasteiger partial charge is 0.258 e. The summed E-state index contributed by atoms with van der Waals surface area (Å²) in [6.07, 6.45) is 5.82. The van der Waals surface area contributed by atoms with E-state index in [2.05, 4.69) is 21.2 Å². The van der Waals surface area contributed by atoms with Crippen molar-refractivity contribution in [2.75, 3.05) is 12.3 Å². The van der Waals surface area contributed by atoms with E-state index in [1.807, 2.05) is 13.0 Å². The van der Waals surface area contributed by atoms with Gasteiger partial charge in [-0.15, -0.1) is 0 Å². The summed E-state index contributed by atoms with van der Waals surface area (Å²) in [6, 6.07) is 4.01. The predicted octanol–water partition coefficient (Wildman–Crippen LogP) is 3.17.